The van der Waals surface area contributed by atoms with Crippen molar-refractivity contribution in [3.63, 3.8) is 0 Å². The summed E-state index contributed by atoms with van der Waals surface area (Å²) in [7, 11) is 0. The van der Waals surface area contributed by atoms with Gasteiger partial charge >= 0.3 is 6.55 Å². The fraction of sp³-hybridized carbons (Fsp3) is 0.714. The number of unbranched alkanes of at least 4 members (excludes halogenated alkanes) is 5. The van der Waals surface area contributed by atoms with Crippen molar-refractivity contribution in [1.82, 2.24) is 14.9 Å². The maximum absolute atomic E-state index is 12.6. The van der Waals surface area contributed by atoms with Crippen molar-refractivity contribution in [3.8, 4) is 0 Å². The summed E-state index contributed by atoms with van der Waals surface area (Å²) in [6, 6.07) is 0. The lowest BCUT2D eigenvalue weighted by atomic mass is 10.1. The quantitative estimate of drug-likeness (QED) is 0.258. The summed E-state index contributed by atoms with van der Waals surface area (Å²) in [4.78, 5) is 7.86. The second-order valence-corrected chi connectivity index (χ2v) is 4.92. The Balaban J connectivity index is 0.00000441. The highest BCUT2D eigenvalue weighted by Crippen LogP contribution is 2.12. The van der Waals surface area contributed by atoms with Crippen LogP contribution >= 0.6 is 24.0 Å². The molecule has 0 fully saturated rings. The maximum Gasteiger partial charge on any atom is 0.319 e. The van der Waals surface area contributed by atoms with Gasteiger partial charge in [-0.1, -0.05) is 39.0 Å². The van der Waals surface area contributed by atoms with E-state index in [0.29, 0.717) is 0 Å². The molecular weight excluding hydrogens is 403 g/mol. The van der Waals surface area contributed by atoms with E-state index in [1.54, 1.807) is 0 Å². The van der Waals surface area contributed by atoms with Crippen LogP contribution in [-0.4, -0.2) is 22.1 Å². The molecule has 0 saturated heterocycles. The molecule has 0 atom stereocenters. The summed E-state index contributed by atoms with van der Waals surface area (Å²) >= 11 is 0. The Morgan fingerprint density at radius 3 is 2.68 bits per heavy atom. The number of nitrogens with one attached hydrogen (secondary N) is 1. The first-order chi connectivity index (χ1) is 10.1. The zero-order chi connectivity index (χ0) is 15.5. The van der Waals surface area contributed by atoms with E-state index < -0.39 is 6.55 Å². The van der Waals surface area contributed by atoms with Crippen molar-refractivity contribution in [1.29, 1.82) is 0 Å². The normalized spacial score (nSPS) is 11.5. The van der Waals surface area contributed by atoms with Gasteiger partial charge in [-0.25, -0.2) is 9.98 Å². The first kappa shape index (κ1) is 21.1. The molecule has 0 aromatic carbocycles. The fourth-order valence-electron chi connectivity index (χ4n) is 1.98. The van der Waals surface area contributed by atoms with E-state index in [0.717, 1.165) is 24.0 Å². The molecule has 0 radical (unpaired) electrons. The van der Waals surface area contributed by atoms with E-state index in [-0.39, 0.29) is 42.3 Å². The minimum absolute atomic E-state index is 0. The van der Waals surface area contributed by atoms with Crippen molar-refractivity contribution in [2.45, 2.75) is 58.5 Å². The summed E-state index contributed by atoms with van der Waals surface area (Å²) in [5.74, 6) is 0.474. The van der Waals surface area contributed by atoms with Crippen molar-refractivity contribution in [2.24, 2.45) is 10.7 Å². The van der Waals surface area contributed by atoms with Crippen LogP contribution in [0.3, 0.4) is 0 Å². The molecule has 8 heteroatoms. The number of halogens is 3. The molecule has 0 amide bonds. The van der Waals surface area contributed by atoms with Gasteiger partial charge in [0, 0.05) is 18.9 Å². The third-order valence-electron chi connectivity index (χ3n) is 3.19. The average Bonchev–Trinajstić information content (AvgIpc) is 2.93. The molecule has 128 valence electrons. The molecule has 0 unspecified atom stereocenters. The lowest BCUT2D eigenvalue weighted by molar-refractivity contribution is 0.0671. The van der Waals surface area contributed by atoms with Crippen molar-refractivity contribution < 1.29 is 8.78 Å². The SMILES string of the molecule is CCCCCCCCNC(N)=NCc1nccn1C(F)F.I. The summed E-state index contributed by atoms with van der Waals surface area (Å²) in [5.41, 5.74) is 5.69. The molecular formula is C14H26F2IN5. The Morgan fingerprint density at radius 1 is 1.32 bits per heavy atom. The number of alkyl halides is 2. The van der Waals surface area contributed by atoms with Crippen LogP contribution in [0, 0.1) is 0 Å². The van der Waals surface area contributed by atoms with Crippen molar-refractivity contribution >= 4 is 29.9 Å². The predicted octanol–water partition coefficient (Wildman–Crippen LogP) is 3.66. The molecule has 0 aliphatic carbocycles. The molecule has 22 heavy (non-hydrogen) atoms. The average molecular weight is 429 g/mol. The van der Waals surface area contributed by atoms with E-state index in [9.17, 15) is 8.78 Å². The number of hydrogen-bond acceptors (Lipinski definition) is 2. The highest BCUT2D eigenvalue weighted by Gasteiger charge is 2.10. The summed E-state index contributed by atoms with van der Waals surface area (Å²) in [6.45, 7) is 0.394. The standard InChI is InChI=1S/C14H25F2N5.HI/c1-2-3-4-5-6-7-8-19-14(17)20-11-12-18-9-10-21(12)13(15)16;/h9-10,13H,2-8,11H2,1H3,(H3,17,19,20);1H. The molecule has 1 aromatic rings. The van der Waals surface area contributed by atoms with Gasteiger partial charge in [0.2, 0.25) is 0 Å². The van der Waals surface area contributed by atoms with Crippen LogP contribution in [0.4, 0.5) is 8.78 Å². The van der Waals surface area contributed by atoms with E-state index in [2.05, 4.69) is 22.2 Å². The van der Waals surface area contributed by atoms with Gasteiger partial charge in [0.05, 0.1) is 0 Å². The summed E-state index contributed by atoms with van der Waals surface area (Å²) in [5, 5.41) is 2.99. The Labute approximate surface area is 147 Å². The highest BCUT2D eigenvalue weighted by molar-refractivity contribution is 14.0. The number of imidazole rings is 1. The molecule has 0 aliphatic rings. The van der Waals surface area contributed by atoms with Crippen LogP contribution in [0.1, 0.15) is 57.8 Å². The molecule has 0 bridgehead atoms. The van der Waals surface area contributed by atoms with Gasteiger partial charge in [-0.2, -0.15) is 8.78 Å². The third kappa shape index (κ3) is 8.50. The largest absolute Gasteiger partial charge is 0.370 e. The van der Waals surface area contributed by atoms with Crippen LogP contribution in [-0.2, 0) is 6.54 Å². The number of nitrogens with two attached hydrogens (primary N) is 1. The number of guanidine groups is 1. The first-order valence-corrected chi connectivity index (χ1v) is 7.48. The predicted molar refractivity (Wildman–Crippen MR) is 95.6 cm³/mol. The van der Waals surface area contributed by atoms with E-state index in [4.69, 9.17) is 5.73 Å². The fourth-order valence-corrected chi connectivity index (χ4v) is 1.98. The van der Waals surface area contributed by atoms with Gasteiger partial charge in [-0.15, -0.1) is 24.0 Å². The second kappa shape index (κ2) is 12.6. The Morgan fingerprint density at radius 2 is 2.00 bits per heavy atom. The smallest absolute Gasteiger partial charge is 0.319 e. The third-order valence-corrected chi connectivity index (χ3v) is 3.19. The van der Waals surface area contributed by atoms with Gasteiger partial charge < -0.3 is 11.1 Å². The maximum atomic E-state index is 12.6. The number of aliphatic imine (C=N–C) groups is 1. The minimum atomic E-state index is -2.60. The summed E-state index contributed by atoms with van der Waals surface area (Å²) in [6.07, 6.45) is 9.79. The van der Waals surface area contributed by atoms with E-state index in [1.165, 1.54) is 38.1 Å². The van der Waals surface area contributed by atoms with Crippen LogP contribution in [0.15, 0.2) is 17.4 Å². The monoisotopic (exact) mass is 429 g/mol. The molecule has 1 heterocycles. The molecule has 0 aliphatic heterocycles. The first-order valence-electron chi connectivity index (χ1n) is 7.48. The molecule has 5 nitrogen and oxygen atoms in total. The van der Waals surface area contributed by atoms with Crippen molar-refractivity contribution in [3.05, 3.63) is 18.2 Å². The van der Waals surface area contributed by atoms with E-state index >= 15 is 0 Å². The number of hydrogen-bond donors (Lipinski definition) is 2. The second-order valence-electron chi connectivity index (χ2n) is 4.92. The lowest BCUT2D eigenvalue weighted by Gasteiger charge is -2.07. The van der Waals surface area contributed by atoms with E-state index in [1.807, 2.05) is 0 Å². The van der Waals surface area contributed by atoms with Crippen LogP contribution in [0.5, 0.6) is 0 Å². The Kier molecular flexibility index (Phi) is 12.1. The van der Waals surface area contributed by atoms with Crippen LogP contribution in [0.25, 0.3) is 0 Å². The Bertz CT molecular complexity index is 423. The van der Waals surface area contributed by atoms with Gasteiger partial charge in [-0.3, -0.25) is 4.57 Å². The van der Waals surface area contributed by atoms with Crippen LogP contribution < -0.4 is 11.1 Å². The Hall–Kier alpha value is -0.930. The van der Waals surface area contributed by atoms with Crippen LogP contribution in [0.2, 0.25) is 0 Å². The zero-order valence-corrected chi connectivity index (χ0v) is 15.3. The number of aromatic nitrogens is 2. The lowest BCUT2D eigenvalue weighted by Crippen LogP contribution is -2.32. The summed E-state index contributed by atoms with van der Waals surface area (Å²) < 4.78 is 26.0. The molecule has 1 rings (SSSR count). The zero-order valence-electron chi connectivity index (χ0n) is 13.0. The van der Waals surface area contributed by atoms with Gasteiger partial charge in [-0.05, 0) is 6.42 Å². The van der Waals surface area contributed by atoms with Crippen molar-refractivity contribution in [2.75, 3.05) is 6.54 Å². The van der Waals surface area contributed by atoms with Gasteiger partial charge in [0.15, 0.2) is 5.96 Å². The number of nitrogens with zero attached hydrogens (tertiary/aromatic N) is 3. The molecule has 3 N–H and O–H groups in total. The molecule has 1 aromatic heterocycles. The highest BCUT2D eigenvalue weighted by atomic mass is 127. The van der Waals surface area contributed by atoms with Gasteiger partial charge in [0.1, 0.15) is 12.4 Å². The minimum Gasteiger partial charge on any atom is -0.370 e. The topological polar surface area (TPSA) is 68.2 Å². The molecule has 0 saturated carbocycles. The van der Waals surface area contributed by atoms with Gasteiger partial charge in [0.25, 0.3) is 0 Å². The molecule has 0 spiro atoms. The number of rotatable bonds is 10.